The zero-order chi connectivity index (χ0) is 11.9. The van der Waals surface area contributed by atoms with Crippen LogP contribution in [-0.4, -0.2) is 40.1 Å². The summed E-state index contributed by atoms with van der Waals surface area (Å²) in [7, 11) is 0. The van der Waals surface area contributed by atoms with Gasteiger partial charge in [0.1, 0.15) is 5.60 Å². The predicted molar refractivity (Wildman–Crippen MR) is 58.7 cm³/mol. The third-order valence-corrected chi connectivity index (χ3v) is 2.99. The first-order valence-corrected chi connectivity index (χ1v) is 5.61. The number of nitrogens with zero attached hydrogens (tertiary/aromatic N) is 2. The van der Waals surface area contributed by atoms with Crippen molar-refractivity contribution in [3.05, 3.63) is 0 Å². The van der Waals surface area contributed by atoms with Crippen LogP contribution in [0.1, 0.15) is 33.6 Å². The minimum Gasteiger partial charge on any atom is -0.444 e. The summed E-state index contributed by atoms with van der Waals surface area (Å²) in [4.78, 5) is 13.6. The van der Waals surface area contributed by atoms with Crippen LogP contribution in [0.2, 0.25) is 0 Å². The Morgan fingerprint density at radius 1 is 1.50 bits per heavy atom. The number of amides is 1. The van der Waals surface area contributed by atoms with Crippen molar-refractivity contribution >= 4 is 12.3 Å². The highest BCUT2D eigenvalue weighted by Gasteiger charge is 2.54. The fourth-order valence-electron chi connectivity index (χ4n) is 2.29. The first-order chi connectivity index (χ1) is 7.42. The molecule has 1 heterocycles. The number of fused-ring (bicyclic) bond motifs is 1. The van der Waals surface area contributed by atoms with Crippen molar-refractivity contribution < 1.29 is 14.7 Å². The molecule has 0 aromatic rings. The van der Waals surface area contributed by atoms with Gasteiger partial charge in [-0.15, -0.1) is 0 Å². The number of oxime groups is 1. The minimum absolute atomic E-state index is 0.108. The second-order valence-electron chi connectivity index (χ2n) is 5.52. The molecule has 0 unspecified atom stereocenters. The highest BCUT2D eigenvalue weighted by molar-refractivity contribution is 5.77. The third kappa shape index (κ3) is 2.13. The maximum Gasteiger partial charge on any atom is 0.411 e. The van der Waals surface area contributed by atoms with Crippen LogP contribution in [0.5, 0.6) is 0 Å². The van der Waals surface area contributed by atoms with Crippen LogP contribution in [-0.2, 0) is 4.74 Å². The molecule has 5 heteroatoms. The molecule has 0 radical (unpaired) electrons. The number of carbonyl (C=O) groups excluding carboxylic acids is 1. The number of ether oxygens (including phenoxy) is 1. The molecule has 3 atom stereocenters. The molecule has 90 valence electrons. The maximum absolute atomic E-state index is 11.9. The average molecular weight is 226 g/mol. The molecular weight excluding hydrogens is 208 g/mol. The number of hydrogen-bond acceptors (Lipinski definition) is 4. The number of piperidine rings is 1. The molecule has 0 aromatic carbocycles. The number of hydrogen-bond donors (Lipinski definition) is 1. The minimum atomic E-state index is -0.481. The van der Waals surface area contributed by atoms with Crippen molar-refractivity contribution in [1.29, 1.82) is 0 Å². The highest BCUT2D eigenvalue weighted by Crippen LogP contribution is 2.47. The van der Waals surface area contributed by atoms with Crippen molar-refractivity contribution in [2.24, 2.45) is 11.1 Å². The van der Waals surface area contributed by atoms with E-state index in [0.29, 0.717) is 5.92 Å². The van der Waals surface area contributed by atoms with Gasteiger partial charge in [-0.3, -0.25) is 4.90 Å². The van der Waals surface area contributed by atoms with E-state index in [2.05, 4.69) is 5.16 Å². The largest absolute Gasteiger partial charge is 0.444 e. The van der Waals surface area contributed by atoms with E-state index in [0.717, 1.165) is 12.8 Å². The summed E-state index contributed by atoms with van der Waals surface area (Å²) in [6.45, 7) is 5.54. The molecule has 2 aliphatic rings. The molecule has 0 aromatic heterocycles. The molecule has 2 fully saturated rings. The topological polar surface area (TPSA) is 62.1 Å². The molecule has 2 rings (SSSR count). The zero-order valence-electron chi connectivity index (χ0n) is 9.88. The van der Waals surface area contributed by atoms with Crippen LogP contribution < -0.4 is 0 Å². The van der Waals surface area contributed by atoms with Gasteiger partial charge < -0.3 is 9.94 Å². The van der Waals surface area contributed by atoms with Crippen LogP contribution in [0.15, 0.2) is 5.16 Å². The molecule has 0 bridgehead atoms. The molecule has 0 spiro atoms. The fraction of sp³-hybridized carbons (Fsp3) is 0.818. The average Bonchev–Trinajstić information content (AvgIpc) is 2.75. The van der Waals surface area contributed by atoms with Crippen LogP contribution in [0.25, 0.3) is 0 Å². The molecule has 1 N–H and O–H groups in total. The van der Waals surface area contributed by atoms with Gasteiger partial charge in [0.15, 0.2) is 0 Å². The lowest BCUT2D eigenvalue weighted by Crippen LogP contribution is -2.42. The Balaban J connectivity index is 2.04. The molecule has 16 heavy (non-hydrogen) atoms. The summed E-state index contributed by atoms with van der Waals surface area (Å²) in [5, 5.41) is 11.6. The lowest BCUT2D eigenvalue weighted by atomic mass is 10.2. The molecule has 1 aliphatic heterocycles. The first kappa shape index (κ1) is 11.2. The summed E-state index contributed by atoms with van der Waals surface area (Å²) in [5.74, 6) is 0.565. The summed E-state index contributed by atoms with van der Waals surface area (Å²) < 4.78 is 5.34. The molecule has 1 amide bonds. The summed E-state index contributed by atoms with van der Waals surface area (Å²) in [5.41, 5.74) is -0.481. The van der Waals surface area contributed by atoms with Crippen LogP contribution in [0, 0.1) is 5.92 Å². The predicted octanol–water partition coefficient (Wildman–Crippen LogP) is 1.84. The number of rotatable bonds is 1. The van der Waals surface area contributed by atoms with Crippen molar-refractivity contribution in [3.8, 4) is 0 Å². The normalized spacial score (nSPS) is 32.9. The molecule has 1 aliphatic carbocycles. The Morgan fingerprint density at radius 2 is 2.19 bits per heavy atom. The Hall–Kier alpha value is -1.26. The van der Waals surface area contributed by atoms with E-state index in [1.165, 1.54) is 6.21 Å². The van der Waals surface area contributed by atoms with Crippen molar-refractivity contribution in [3.63, 3.8) is 0 Å². The SMILES string of the molecule is CC(C)(C)OC(=O)N1[C@@H]2C[C@@H]2C[C@@H]1/C=N/O. The summed E-state index contributed by atoms with van der Waals surface area (Å²) >= 11 is 0. The van der Waals surface area contributed by atoms with Gasteiger partial charge in [0.25, 0.3) is 0 Å². The van der Waals surface area contributed by atoms with E-state index in [-0.39, 0.29) is 18.2 Å². The van der Waals surface area contributed by atoms with E-state index in [9.17, 15) is 4.79 Å². The lowest BCUT2D eigenvalue weighted by Gasteiger charge is -2.28. The van der Waals surface area contributed by atoms with E-state index in [1.54, 1.807) is 4.90 Å². The van der Waals surface area contributed by atoms with Crippen molar-refractivity contribution in [1.82, 2.24) is 4.90 Å². The van der Waals surface area contributed by atoms with Crippen molar-refractivity contribution in [2.45, 2.75) is 51.3 Å². The van der Waals surface area contributed by atoms with Gasteiger partial charge in [0.05, 0.1) is 12.3 Å². The van der Waals surface area contributed by atoms with Gasteiger partial charge in [-0.2, -0.15) is 0 Å². The summed E-state index contributed by atoms with van der Waals surface area (Å²) in [6, 6.07) is 0.182. The number of likely N-dealkylation sites (tertiary alicyclic amines) is 1. The van der Waals surface area contributed by atoms with Gasteiger partial charge in [0.2, 0.25) is 0 Å². The van der Waals surface area contributed by atoms with E-state index in [1.807, 2.05) is 20.8 Å². The van der Waals surface area contributed by atoms with E-state index in [4.69, 9.17) is 9.94 Å². The summed E-state index contributed by atoms with van der Waals surface area (Å²) in [6.07, 6.45) is 3.04. The quantitative estimate of drug-likeness (QED) is 0.421. The fourth-order valence-corrected chi connectivity index (χ4v) is 2.29. The lowest BCUT2D eigenvalue weighted by molar-refractivity contribution is 0.0232. The first-order valence-electron chi connectivity index (χ1n) is 5.61. The highest BCUT2D eigenvalue weighted by atomic mass is 16.6. The van der Waals surface area contributed by atoms with Gasteiger partial charge in [-0.25, -0.2) is 4.79 Å². The molecule has 5 nitrogen and oxygen atoms in total. The van der Waals surface area contributed by atoms with Crippen LogP contribution >= 0.6 is 0 Å². The smallest absolute Gasteiger partial charge is 0.411 e. The van der Waals surface area contributed by atoms with Crippen LogP contribution in [0.4, 0.5) is 4.79 Å². The zero-order valence-corrected chi connectivity index (χ0v) is 9.88. The van der Waals surface area contributed by atoms with Gasteiger partial charge in [-0.1, -0.05) is 5.16 Å². The second-order valence-corrected chi connectivity index (χ2v) is 5.52. The Labute approximate surface area is 95.1 Å². The van der Waals surface area contributed by atoms with Crippen molar-refractivity contribution in [2.75, 3.05) is 0 Å². The Kier molecular flexibility index (Phi) is 2.56. The Bertz CT molecular complexity index is 322. The molecular formula is C11H18N2O3. The molecule has 1 saturated heterocycles. The van der Waals surface area contributed by atoms with Gasteiger partial charge >= 0.3 is 6.09 Å². The third-order valence-electron chi connectivity index (χ3n) is 2.99. The number of carbonyl (C=O) groups is 1. The second kappa shape index (κ2) is 3.64. The van der Waals surface area contributed by atoms with Gasteiger partial charge in [-0.05, 0) is 39.5 Å². The molecule has 1 saturated carbocycles. The monoisotopic (exact) mass is 226 g/mol. The van der Waals surface area contributed by atoms with E-state index >= 15 is 0 Å². The maximum atomic E-state index is 11.9. The van der Waals surface area contributed by atoms with Gasteiger partial charge in [0, 0.05) is 6.04 Å². The van der Waals surface area contributed by atoms with E-state index < -0.39 is 5.60 Å². The standard InChI is InChI=1S/C11H18N2O3/c1-11(2,3)16-10(14)13-8(6-12-15)4-7-5-9(7)13/h6-9,15H,4-5H2,1-3H3/b12-6+/t7-,8+,9+/m0/s1. The van der Waals surface area contributed by atoms with Crippen LogP contribution in [0.3, 0.4) is 0 Å². The Morgan fingerprint density at radius 3 is 2.75 bits per heavy atom.